The number of nitro groups is 1. The van der Waals surface area contributed by atoms with Gasteiger partial charge in [0.2, 0.25) is 0 Å². The molecule has 0 amide bonds. The van der Waals surface area contributed by atoms with Crippen molar-refractivity contribution in [2.75, 3.05) is 5.75 Å². The van der Waals surface area contributed by atoms with Crippen LogP contribution in [0.15, 0.2) is 27.6 Å². The van der Waals surface area contributed by atoms with Crippen molar-refractivity contribution in [1.82, 2.24) is 0 Å². The van der Waals surface area contributed by atoms with Crippen molar-refractivity contribution in [3.8, 4) is 0 Å². The van der Waals surface area contributed by atoms with Gasteiger partial charge in [0.1, 0.15) is 0 Å². The van der Waals surface area contributed by atoms with Crippen LogP contribution in [0, 0.1) is 10.1 Å². The molecule has 5 nitrogen and oxygen atoms in total. The summed E-state index contributed by atoms with van der Waals surface area (Å²) in [5, 5.41) is 19.2. The van der Waals surface area contributed by atoms with Crippen molar-refractivity contribution < 1.29 is 14.8 Å². The molecule has 0 saturated carbocycles. The fourth-order valence-corrected chi connectivity index (χ4v) is 2.35. The lowest BCUT2D eigenvalue weighted by Crippen LogP contribution is -1.99. The van der Waals surface area contributed by atoms with Crippen LogP contribution in [0.25, 0.3) is 0 Å². The fraction of sp³-hybridized carbons (Fsp3) is 0.125. The van der Waals surface area contributed by atoms with E-state index in [1.807, 2.05) is 0 Å². The van der Waals surface area contributed by atoms with E-state index in [2.05, 4.69) is 15.9 Å². The number of halogens is 1. The lowest BCUT2D eigenvalue weighted by atomic mass is 10.3. The van der Waals surface area contributed by atoms with Crippen molar-refractivity contribution in [2.24, 2.45) is 0 Å². The van der Waals surface area contributed by atoms with Gasteiger partial charge in [-0.3, -0.25) is 14.9 Å². The fourth-order valence-electron chi connectivity index (χ4n) is 0.929. The Labute approximate surface area is 97.8 Å². The molecule has 80 valence electrons. The van der Waals surface area contributed by atoms with E-state index in [9.17, 15) is 14.9 Å². The minimum Gasteiger partial charge on any atom is -0.481 e. The van der Waals surface area contributed by atoms with Gasteiger partial charge in [-0.05, 0) is 28.1 Å². The lowest BCUT2D eigenvalue weighted by molar-refractivity contribution is -0.388. The summed E-state index contributed by atoms with van der Waals surface area (Å²) < 4.78 is 0.350. The first-order valence-electron chi connectivity index (χ1n) is 3.80. The van der Waals surface area contributed by atoms with Crippen molar-refractivity contribution >= 4 is 39.3 Å². The molecule has 0 aromatic heterocycles. The van der Waals surface area contributed by atoms with Crippen LogP contribution < -0.4 is 0 Å². The Morgan fingerprint density at radius 2 is 2.27 bits per heavy atom. The van der Waals surface area contributed by atoms with E-state index in [1.165, 1.54) is 6.07 Å². The summed E-state index contributed by atoms with van der Waals surface area (Å²) in [5.74, 6) is -1.20. The smallest absolute Gasteiger partial charge is 0.313 e. The maximum atomic E-state index is 10.7. The number of carbonyl (C=O) groups is 1. The van der Waals surface area contributed by atoms with Gasteiger partial charge in [0.05, 0.1) is 20.0 Å². The molecule has 0 spiro atoms. The maximum Gasteiger partial charge on any atom is 0.313 e. The quantitative estimate of drug-likeness (QED) is 0.524. The van der Waals surface area contributed by atoms with Crippen LogP contribution in [0.3, 0.4) is 0 Å². The van der Waals surface area contributed by atoms with E-state index >= 15 is 0 Å². The van der Waals surface area contributed by atoms with E-state index in [-0.39, 0.29) is 11.4 Å². The Balaban J connectivity index is 3.01. The number of hydrogen-bond acceptors (Lipinski definition) is 4. The van der Waals surface area contributed by atoms with Gasteiger partial charge >= 0.3 is 5.97 Å². The highest BCUT2D eigenvalue weighted by Gasteiger charge is 2.18. The van der Waals surface area contributed by atoms with Gasteiger partial charge in [-0.25, -0.2) is 0 Å². The summed E-state index contributed by atoms with van der Waals surface area (Å²) in [7, 11) is 0. The topological polar surface area (TPSA) is 80.4 Å². The van der Waals surface area contributed by atoms with Crippen LogP contribution in [0.4, 0.5) is 5.69 Å². The molecule has 1 N–H and O–H groups in total. The van der Waals surface area contributed by atoms with Gasteiger partial charge in [-0.2, -0.15) is 0 Å². The Hall–Kier alpha value is -1.08. The molecule has 0 aliphatic carbocycles. The van der Waals surface area contributed by atoms with Gasteiger partial charge in [0.15, 0.2) is 0 Å². The van der Waals surface area contributed by atoms with E-state index < -0.39 is 10.9 Å². The highest BCUT2D eigenvalue weighted by molar-refractivity contribution is 9.10. The average Bonchev–Trinajstić information content (AvgIpc) is 2.13. The molecule has 0 bridgehead atoms. The molecule has 0 fully saturated rings. The van der Waals surface area contributed by atoms with Crippen LogP contribution in [-0.4, -0.2) is 21.8 Å². The van der Waals surface area contributed by atoms with Gasteiger partial charge in [-0.1, -0.05) is 6.07 Å². The first-order valence-corrected chi connectivity index (χ1v) is 5.57. The summed E-state index contributed by atoms with van der Waals surface area (Å²) >= 11 is 3.98. The summed E-state index contributed by atoms with van der Waals surface area (Å²) in [5.41, 5.74) is -0.0937. The van der Waals surface area contributed by atoms with Gasteiger partial charge in [0.25, 0.3) is 5.69 Å². The normalized spacial score (nSPS) is 9.93. The monoisotopic (exact) mass is 291 g/mol. The van der Waals surface area contributed by atoms with Gasteiger partial charge in [-0.15, -0.1) is 11.8 Å². The number of thioether (sulfide) groups is 1. The van der Waals surface area contributed by atoms with Crippen molar-refractivity contribution in [2.45, 2.75) is 4.90 Å². The second-order valence-corrected chi connectivity index (χ2v) is 4.40. The number of carboxylic acids is 1. The summed E-state index contributed by atoms with van der Waals surface area (Å²) in [6, 6.07) is 4.70. The van der Waals surface area contributed by atoms with Crippen molar-refractivity contribution in [1.29, 1.82) is 0 Å². The number of aliphatic carboxylic acids is 1. The molecule has 0 atom stereocenters. The zero-order valence-electron chi connectivity index (χ0n) is 7.34. The minimum atomic E-state index is -1.01. The molecule has 0 unspecified atom stereocenters. The predicted octanol–water partition coefficient (Wildman–Crippen LogP) is 2.53. The predicted molar refractivity (Wildman–Crippen MR) is 59.2 cm³/mol. The zero-order valence-corrected chi connectivity index (χ0v) is 9.75. The second-order valence-electron chi connectivity index (χ2n) is 2.53. The van der Waals surface area contributed by atoms with E-state index in [0.29, 0.717) is 9.37 Å². The molecular weight excluding hydrogens is 286 g/mol. The van der Waals surface area contributed by atoms with Crippen LogP contribution in [0.1, 0.15) is 0 Å². The molecule has 0 aliphatic heterocycles. The Morgan fingerprint density at radius 3 is 2.80 bits per heavy atom. The highest BCUT2D eigenvalue weighted by Crippen LogP contribution is 2.35. The Kier molecular flexibility index (Phi) is 4.10. The van der Waals surface area contributed by atoms with Crippen molar-refractivity contribution in [3.05, 3.63) is 32.8 Å². The summed E-state index contributed by atoms with van der Waals surface area (Å²) in [6.45, 7) is 0. The highest BCUT2D eigenvalue weighted by atomic mass is 79.9. The van der Waals surface area contributed by atoms with Crippen LogP contribution in [-0.2, 0) is 4.79 Å². The number of benzene rings is 1. The molecule has 15 heavy (non-hydrogen) atoms. The Bertz CT molecular complexity index is 410. The number of hydrogen-bond donors (Lipinski definition) is 1. The molecule has 0 radical (unpaired) electrons. The van der Waals surface area contributed by atoms with Gasteiger partial charge in [0, 0.05) is 0 Å². The molecule has 0 aliphatic rings. The standard InChI is InChI=1S/C8H6BrNO4S/c9-5-2-1-3-6(8(5)10(13)14)15-4-7(11)12/h1-3H,4H2,(H,11,12). The van der Waals surface area contributed by atoms with Gasteiger partial charge < -0.3 is 5.11 Å². The number of rotatable bonds is 4. The van der Waals surface area contributed by atoms with Crippen LogP contribution in [0.5, 0.6) is 0 Å². The molecule has 1 aromatic rings. The molecule has 0 saturated heterocycles. The third kappa shape index (κ3) is 3.21. The van der Waals surface area contributed by atoms with Crippen LogP contribution >= 0.6 is 27.7 Å². The Morgan fingerprint density at radius 1 is 1.60 bits per heavy atom. The second kappa shape index (κ2) is 5.13. The lowest BCUT2D eigenvalue weighted by Gasteiger charge is -2.01. The zero-order chi connectivity index (χ0) is 11.4. The minimum absolute atomic E-state index is 0.0937. The maximum absolute atomic E-state index is 10.7. The number of nitro benzene ring substituents is 1. The first-order chi connectivity index (χ1) is 7.02. The van der Waals surface area contributed by atoms with Crippen molar-refractivity contribution in [3.63, 3.8) is 0 Å². The van der Waals surface area contributed by atoms with E-state index in [4.69, 9.17) is 5.11 Å². The third-order valence-electron chi connectivity index (χ3n) is 1.48. The molecular formula is C8H6BrNO4S. The summed E-state index contributed by atoms with van der Waals surface area (Å²) in [6.07, 6.45) is 0. The SMILES string of the molecule is O=C(O)CSc1cccc(Br)c1[N+](=O)[O-]. The van der Waals surface area contributed by atoms with E-state index in [1.54, 1.807) is 12.1 Å². The molecule has 7 heteroatoms. The molecule has 1 rings (SSSR count). The van der Waals surface area contributed by atoms with Crippen LogP contribution in [0.2, 0.25) is 0 Å². The third-order valence-corrected chi connectivity index (χ3v) is 3.16. The number of carboxylic acid groups (broad SMARTS) is 1. The van der Waals surface area contributed by atoms with E-state index in [0.717, 1.165) is 11.8 Å². The average molecular weight is 292 g/mol. The number of nitrogens with zero attached hydrogens (tertiary/aromatic N) is 1. The molecule has 0 heterocycles. The number of para-hydroxylation sites is 1. The molecule has 1 aromatic carbocycles. The largest absolute Gasteiger partial charge is 0.481 e. The first kappa shape index (κ1) is 12.0. The summed E-state index contributed by atoms with van der Waals surface area (Å²) in [4.78, 5) is 20.8.